The van der Waals surface area contributed by atoms with E-state index in [1.165, 1.54) is 6.42 Å². The van der Waals surface area contributed by atoms with E-state index < -0.39 is 0 Å². The van der Waals surface area contributed by atoms with Gasteiger partial charge in [0, 0.05) is 19.6 Å². The average molecular weight is 262 g/mol. The third-order valence-corrected chi connectivity index (χ3v) is 3.21. The molecule has 1 fully saturated rings. The van der Waals surface area contributed by atoms with E-state index in [2.05, 4.69) is 29.1 Å². The van der Waals surface area contributed by atoms with Crippen molar-refractivity contribution >= 4 is 11.7 Å². The number of aromatic nitrogens is 2. The lowest BCUT2D eigenvalue weighted by Gasteiger charge is -2.26. The molecule has 1 aliphatic rings. The van der Waals surface area contributed by atoms with Crippen LogP contribution in [0, 0.1) is 5.92 Å². The van der Waals surface area contributed by atoms with Crippen molar-refractivity contribution in [2.24, 2.45) is 5.92 Å². The minimum Gasteiger partial charge on any atom is -0.369 e. The van der Waals surface area contributed by atoms with Crippen molar-refractivity contribution in [1.29, 1.82) is 0 Å². The summed E-state index contributed by atoms with van der Waals surface area (Å²) in [6.45, 7) is 6.80. The topological polar surface area (TPSA) is 58.1 Å². The van der Waals surface area contributed by atoms with Crippen LogP contribution in [0.4, 0.5) is 5.82 Å². The van der Waals surface area contributed by atoms with E-state index in [1.54, 1.807) is 12.4 Å². The van der Waals surface area contributed by atoms with Crippen molar-refractivity contribution in [3.63, 3.8) is 0 Å². The van der Waals surface area contributed by atoms with E-state index >= 15 is 0 Å². The molecular formula is C14H22N4O. The molecule has 0 spiro atoms. The van der Waals surface area contributed by atoms with Gasteiger partial charge in [-0.05, 0) is 25.2 Å². The van der Waals surface area contributed by atoms with Gasteiger partial charge in [-0.15, -0.1) is 0 Å². The summed E-state index contributed by atoms with van der Waals surface area (Å²) >= 11 is 0. The fourth-order valence-electron chi connectivity index (χ4n) is 2.10. The number of likely N-dealkylation sites (tertiary alicyclic amines) is 1. The molecule has 0 unspecified atom stereocenters. The molecule has 0 atom stereocenters. The summed E-state index contributed by atoms with van der Waals surface area (Å²) in [5, 5.41) is 3.19. The molecule has 1 aromatic heterocycles. The highest BCUT2D eigenvalue weighted by atomic mass is 16.2. The number of nitrogens with zero attached hydrogens (tertiary/aromatic N) is 3. The van der Waals surface area contributed by atoms with Crippen molar-refractivity contribution in [1.82, 2.24) is 14.9 Å². The van der Waals surface area contributed by atoms with E-state index in [4.69, 9.17) is 0 Å². The van der Waals surface area contributed by atoms with Gasteiger partial charge in [0.2, 0.25) is 0 Å². The Kier molecular flexibility index (Phi) is 4.71. The van der Waals surface area contributed by atoms with Gasteiger partial charge in [0.25, 0.3) is 5.91 Å². The first-order valence-electron chi connectivity index (χ1n) is 7.02. The fourth-order valence-corrected chi connectivity index (χ4v) is 2.10. The summed E-state index contributed by atoms with van der Waals surface area (Å²) in [5.41, 5.74) is 0.442. The minimum atomic E-state index is 0.00242. The van der Waals surface area contributed by atoms with Crippen LogP contribution in [-0.4, -0.2) is 40.4 Å². The van der Waals surface area contributed by atoms with Crippen LogP contribution >= 0.6 is 0 Å². The number of anilines is 1. The molecule has 1 saturated heterocycles. The lowest BCUT2D eigenvalue weighted by molar-refractivity contribution is 0.0718. The van der Waals surface area contributed by atoms with Gasteiger partial charge < -0.3 is 10.2 Å². The zero-order valence-electron chi connectivity index (χ0n) is 11.7. The first kappa shape index (κ1) is 13.8. The van der Waals surface area contributed by atoms with Gasteiger partial charge in [0.15, 0.2) is 0 Å². The number of rotatable bonds is 4. The van der Waals surface area contributed by atoms with Gasteiger partial charge in [-0.3, -0.25) is 4.79 Å². The highest BCUT2D eigenvalue weighted by Gasteiger charge is 2.19. The maximum Gasteiger partial charge on any atom is 0.274 e. The van der Waals surface area contributed by atoms with Crippen LogP contribution in [0.25, 0.3) is 0 Å². The molecule has 1 N–H and O–H groups in total. The molecule has 0 saturated carbocycles. The molecule has 1 aromatic rings. The summed E-state index contributed by atoms with van der Waals surface area (Å²) in [7, 11) is 0. The van der Waals surface area contributed by atoms with E-state index in [9.17, 15) is 4.79 Å². The lowest BCUT2D eigenvalue weighted by atomic mass is 10.1. The maximum atomic E-state index is 12.2. The molecule has 1 aliphatic heterocycles. The number of nitrogens with one attached hydrogen (secondary N) is 1. The molecule has 104 valence electrons. The number of piperidine rings is 1. The van der Waals surface area contributed by atoms with E-state index in [-0.39, 0.29) is 5.91 Å². The third-order valence-electron chi connectivity index (χ3n) is 3.21. The Morgan fingerprint density at radius 1 is 1.26 bits per heavy atom. The summed E-state index contributed by atoms with van der Waals surface area (Å²) < 4.78 is 0. The Morgan fingerprint density at radius 3 is 2.58 bits per heavy atom. The number of hydrogen-bond donors (Lipinski definition) is 1. The summed E-state index contributed by atoms with van der Waals surface area (Å²) in [4.78, 5) is 22.5. The molecule has 19 heavy (non-hydrogen) atoms. The lowest BCUT2D eigenvalue weighted by Crippen LogP contribution is -2.36. The molecule has 5 heteroatoms. The standard InChI is InChI=1S/C14H22N4O/c1-11(2)8-16-13-10-15-12(9-17-13)14(19)18-6-4-3-5-7-18/h9-11H,3-8H2,1-2H3,(H,16,17). The third kappa shape index (κ3) is 3.91. The minimum absolute atomic E-state index is 0.00242. The Labute approximate surface area is 114 Å². The molecule has 5 nitrogen and oxygen atoms in total. The Hall–Kier alpha value is -1.65. The molecule has 2 heterocycles. The van der Waals surface area contributed by atoms with Gasteiger partial charge in [-0.1, -0.05) is 13.8 Å². The quantitative estimate of drug-likeness (QED) is 0.903. The highest BCUT2D eigenvalue weighted by Crippen LogP contribution is 2.12. The first-order chi connectivity index (χ1) is 9.16. The summed E-state index contributed by atoms with van der Waals surface area (Å²) in [6.07, 6.45) is 6.60. The van der Waals surface area contributed by atoms with Crippen molar-refractivity contribution in [3.8, 4) is 0 Å². The number of hydrogen-bond acceptors (Lipinski definition) is 4. The maximum absolute atomic E-state index is 12.2. The van der Waals surface area contributed by atoms with Gasteiger partial charge in [0.05, 0.1) is 12.4 Å². The molecule has 0 aromatic carbocycles. The molecule has 0 aliphatic carbocycles. The normalized spacial score (nSPS) is 15.6. The summed E-state index contributed by atoms with van der Waals surface area (Å²) in [5.74, 6) is 1.28. The predicted molar refractivity (Wildman–Crippen MR) is 75.1 cm³/mol. The van der Waals surface area contributed by atoms with Gasteiger partial charge in [-0.2, -0.15) is 0 Å². The Bertz CT molecular complexity index is 410. The second kappa shape index (κ2) is 6.50. The second-order valence-corrected chi connectivity index (χ2v) is 5.41. The largest absolute Gasteiger partial charge is 0.369 e. The first-order valence-corrected chi connectivity index (χ1v) is 7.02. The van der Waals surface area contributed by atoms with Crippen molar-refractivity contribution in [2.75, 3.05) is 25.0 Å². The van der Waals surface area contributed by atoms with Crippen LogP contribution < -0.4 is 5.32 Å². The SMILES string of the molecule is CC(C)CNc1cnc(C(=O)N2CCCCC2)cn1. The van der Waals surface area contributed by atoms with E-state index in [0.29, 0.717) is 11.6 Å². The van der Waals surface area contributed by atoms with Crippen molar-refractivity contribution in [3.05, 3.63) is 18.1 Å². The number of carbonyl (C=O) groups excluding carboxylic acids is 1. The van der Waals surface area contributed by atoms with Gasteiger partial charge >= 0.3 is 0 Å². The van der Waals surface area contributed by atoms with Crippen LogP contribution in [0.2, 0.25) is 0 Å². The van der Waals surface area contributed by atoms with Crippen molar-refractivity contribution < 1.29 is 4.79 Å². The monoisotopic (exact) mass is 262 g/mol. The van der Waals surface area contributed by atoms with Crippen LogP contribution in [0.1, 0.15) is 43.6 Å². The van der Waals surface area contributed by atoms with E-state index in [1.807, 2.05) is 4.90 Å². The molecule has 2 rings (SSSR count). The fraction of sp³-hybridized carbons (Fsp3) is 0.643. The van der Waals surface area contributed by atoms with Crippen LogP contribution in [0.5, 0.6) is 0 Å². The van der Waals surface area contributed by atoms with Gasteiger partial charge in [-0.25, -0.2) is 9.97 Å². The predicted octanol–water partition coefficient (Wildman–Crippen LogP) is 2.17. The molecule has 0 bridgehead atoms. The average Bonchev–Trinajstić information content (AvgIpc) is 2.46. The van der Waals surface area contributed by atoms with Gasteiger partial charge in [0.1, 0.15) is 11.5 Å². The molecule has 1 amide bonds. The smallest absolute Gasteiger partial charge is 0.274 e. The zero-order valence-corrected chi connectivity index (χ0v) is 11.7. The Balaban J connectivity index is 1.95. The number of carbonyl (C=O) groups is 1. The summed E-state index contributed by atoms with van der Waals surface area (Å²) in [6, 6.07) is 0. The van der Waals surface area contributed by atoms with Crippen molar-refractivity contribution in [2.45, 2.75) is 33.1 Å². The highest BCUT2D eigenvalue weighted by molar-refractivity contribution is 5.92. The number of amides is 1. The van der Waals surface area contributed by atoms with Crippen LogP contribution in [-0.2, 0) is 0 Å². The second-order valence-electron chi connectivity index (χ2n) is 5.41. The van der Waals surface area contributed by atoms with Crippen LogP contribution in [0.3, 0.4) is 0 Å². The molecular weight excluding hydrogens is 240 g/mol. The zero-order chi connectivity index (χ0) is 13.7. The molecule has 0 radical (unpaired) electrons. The van der Waals surface area contributed by atoms with E-state index in [0.717, 1.165) is 38.3 Å². The van der Waals surface area contributed by atoms with Crippen LogP contribution in [0.15, 0.2) is 12.4 Å². The Morgan fingerprint density at radius 2 is 2.00 bits per heavy atom.